The second-order valence-corrected chi connectivity index (χ2v) is 3.52. The van der Waals surface area contributed by atoms with Gasteiger partial charge >= 0.3 is 6.18 Å². The van der Waals surface area contributed by atoms with Gasteiger partial charge in [0, 0.05) is 0 Å². The average molecular weight is 237 g/mol. The summed E-state index contributed by atoms with van der Waals surface area (Å²) in [6.07, 6.45) is -2.83. The molecule has 9 heteroatoms. The molecular formula is C6H6F3N5S. The van der Waals surface area contributed by atoms with Crippen molar-refractivity contribution in [2.24, 2.45) is 0 Å². The lowest BCUT2D eigenvalue weighted by Crippen LogP contribution is -2.09. The van der Waals surface area contributed by atoms with E-state index in [0.29, 0.717) is 5.16 Å². The van der Waals surface area contributed by atoms with E-state index in [1.54, 1.807) is 6.26 Å². The molecule has 0 fully saturated rings. The van der Waals surface area contributed by atoms with Gasteiger partial charge in [-0.3, -0.25) is 5.10 Å². The first kappa shape index (κ1) is 10.1. The molecule has 2 aromatic heterocycles. The Kier molecular flexibility index (Phi) is 2.07. The highest BCUT2D eigenvalue weighted by atomic mass is 32.2. The van der Waals surface area contributed by atoms with Gasteiger partial charge in [0.15, 0.2) is 5.69 Å². The van der Waals surface area contributed by atoms with Crippen LogP contribution in [0.4, 0.5) is 18.9 Å². The van der Waals surface area contributed by atoms with Crippen molar-refractivity contribution >= 4 is 23.1 Å². The smallest absolute Gasteiger partial charge is 0.394 e. The zero-order chi connectivity index (χ0) is 11.2. The minimum atomic E-state index is -4.51. The Labute approximate surface area is 85.8 Å². The summed E-state index contributed by atoms with van der Waals surface area (Å²) >= 11 is 1.17. The van der Waals surface area contributed by atoms with Crippen LogP contribution in [0.1, 0.15) is 5.69 Å². The summed E-state index contributed by atoms with van der Waals surface area (Å²) < 4.78 is 38.4. The van der Waals surface area contributed by atoms with E-state index >= 15 is 0 Å². The molecule has 82 valence electrons. The number of hydrogen-bond acceptors (Lipinski definition) is 4. The van der Waals surface area contributed by atoms with Crippen molar-refractivity contribution in [2.75, 3.05) is 12.0 Å². The maximum Gasteiger partial charge on any atom is 0.434 e. The van der Waals surface area contributed by atoms with Crippen LogP contribution in [0.25, 0.3) is 5.65 Å². The van der Waals surface area contributed by atoms with E-state index in [1.807, 2.05) is 0 Å². The van der Waals surface area contributed by atoms with Crippen LogP contribution in [0.5, 0.6) is 0 Å². The molecule has 0 aromatic carbocycles. The van der Waals surface area contributed by atoms with Gasteiger partial charge in [0.05, 0.1) is 0 Å². The Morgan fingerprint density at radius 1 is 1.40 bits per heavy atom. The average Bonchev–Trinajstić information content (AvgIpc) is 2.65. The number of rotatable bonds is 1. The first-order valence-electron chi connectivity index (χ1n) is 3.79. The topological polar surface area (TPSA) is 72.0 Å². The molecule has 0 aliphatic heterocycles. The zero-order valence-electron chi connectivity index (χ0n) is 7.46. The highest BCUT2D eigenvalue weighted by molar-refractivity contribution is 7.98. The van der Waals surface area contributed by atoms with E-state index in [-0.39, 0.29) is 5.65 Å². The van der Waals surface area contributed by atoms with E-state index in [9.17, 15) is 13.2 Å². The van der Waals surface area contributed by atoms with Gasteiger partial charge in [-0.25, -0.2) is 4.52 Å². The van der Waals surface area contributed by atoms with Crippen molar-refractivity contribution in [3.05, 3.63) is 5.69 Å². The van der Waals surface area contributed by atoms with Crippen LogP contribution in [0.15, 0.2) is 5.16 Å². The zero-order valence-corrected chi connectivity index (χ0v) is 8.28. The molecule has 15 heavy (non-hydrogen) atoms. The van der Waals surface area contributed by atoms with Gasteiger partial charge in [-0.2, -0.15) is 13.2 Å². The summed E-state index contributed by atoms with van der Waals surface area (Å²) in [4.78, 5) is 0. The van der Waals surface area contributed by atoms with Crippen LogP contribution in [-0.4, -0.2) is 26.1 Å². The standard InChI is InChI=1S/C6H6F3N5S/c1-15-5-12-11-4-2(10)3(6(7,8)9)13-14(4)5/h13H,10H2,1H3. The van der Waals surface area contributed by atoms with Gasteiger partial charge in [-0.1, -0.05) is 11.8 Å². The monoisotopic (exact) mass is 237 g/mol. The van der Waals surface area contributed by atoms with E-state index in [4.69, 9.17) is 5.73 Å². The first-order chi connectivity index (χ1) is 6.95. The van der Waals surface area contributed by atoms with Crippen LogP contribution in [-0.2, 0) is 6.18 Å². The van der Waals surface area contributed by atoms with Gasteiger partial charge < -0.3 is 5.73 Å². The molecule has 0 spiro atoms. The molecule has 0 amide bonds. The molecule has 5 nitrogen and oxygen atoms in total. The van der Waals surface area contributed by atoms with Gasteiger partial charge in [0.1, 0.15) is 5.69 Å². The molecule has 0 saturated heterocycles. The lowest BCUT2D eigenvalue weighted by atomic mass is 10.3. The van der Waals surface area contributed by atoms with Crippen LogP contribution in [0.2, 0.25) is 0 Å². The van der Waals surface area contributed by atoms with E-state index in [0.717, 1.165) is 4.52 Å². The lowest BCUT2D eigenvalue weighted by Gasteiger charge is -2.03. The number of aromatic amines is 1. The van der Waals surface area contributed by atoms with E-state index in [1.165, 1.54) is 11.8 Å². The van der Waals surface area contributed by atoms with Crippen molar-refractivity contribution < 1.29 is 13.2 Å². The van der Waals surface area contributed by atoms with Crippen LogP contribution in [0.3, 0.4) is 0 Å². The van der Waals surface area contributed by atoms with Gasteiger partial charge in [0.25, 0.3) is 0 Å². The van der Waals surface area contributed by atoms with Crippen LogP contribution in [0, 0.1) is 0 Å². The van der Waals surface area contributed by atoms with E-state index in [2.05, 4.69) is 15.3 Å². The number of alkyl halides is 3. The quantitative estimate of drug-likeness (QED) is 0.735. The van der Waals surface area contributed by atoms with Crippen LogP contribution < -0.4 is 5.73 Å². The molecule has 0 bridgehead atoms. The number of nitrogen functional groups attached to an aromatic ring is 1. The summed E-state index contributed by atoms with van der Waals surface area (Å²) in [5.41, 5.74) is 3.87. The fraction of sp³-hybridized carbons (Fsp3) is 0.333. The van der Waals surface area contributed by atoms with Gasteiger partial charge in [0.2, 0.25) is 10.8 Å². The number of anilines is 1. The summed E-state index contributed by atoms with van der Waals surface area (Å²) in [6, 6.07) is 0. The number of hydrogen-bond donors (Lipinski definition) is 2. The lowest BCUT2D eigenvalue weighted by molar-refractivity contribution is -0.140. The third kappa shape index (κ3) is 1.42. The number of nitrogens with one attached hydrogen (secondary N) is 1. The van der Waals surface area contributed by atoms with Crippen LogP contribution >= 0.6 is 11.8 Å². The summed E-state index contributed by atoms with van der Waals surface area (Å²) in [7, 11) is 0. The number of nitrogens with zero attached hydrogens (tertiary/aromatic N) is 3. The molecular weight excluding hydrogens is 231 g/mol. The second kappa shape index (κ2) is 3.05. The number of aromatic nitrogens is 4. The largest absolute Gasteiger partial charge is 0.434 e. The summed E-state index contributed by atoms with van der Waals surface area (Å²) in [5.74, 6) is 0. The van der Waals surface area contributed by atoms with Crippen molar-refractivity contribution in [2.45, 2.75) is 11.3 Å². The Hall–Kier alpha value is -1.38. The number of thioether (sulfide) groups is 1. The molecule has 0 aliphatic rings. The molecule has 2 heterocycles. The Morgan fingerprint density at radius 3 is 2.60 bits per heavy atom. The fourth-order valence-electron chi connectivity index (χ4n) is 1.18. The number of fused-ring (bicyclic) bond motifs is 1. The van der Waals surface area contributed by atoms with Crippen molar-refractivity contribution in [3.63, 3.8) is 0 Å². The predicted octanol–water partition coefficient (Wildman–Crippen LogP) is 1.38. The molecule has 0 saturated carbocycles. The van der Waals surface area contributed by atoms with E-state index < -0.39 is 17.6 Å². The Morgan fingerprint density at radius 2 is 2.07 bits per heavy atom. The maximum absolute atomic E-state index is 12.4. The molecule has 3 N–H and O–H groups in total. The predicted molar refractivity (Wildman–Crippen MR) is 48.5 cm³/mol. The molecule has 2 rings (SSSR count). The fourth-order valence-corrected chi connectivity index (χ4v) is 1.61. The second-order valence-electron chi connectivity index (χ2n) is 2.74. The normalized spacial score (nSPS) is 12.5. The Balaban J connectivity index is 2.70. The van der Waals surface area contributed by atoms with Crippen molar-refractivity contribution in [1.82, 2.24) is 19.8 Å². The first-order valence-corrected chi connectivity index (χ1v) is 5.01. The van der Waals surface area contributed by atoms with Crippen molar-refractivity contribution in [1.29, 1.82) is 0 Å². The molecule has 0 aliphatic carbocycles. The summed E-state index contributed by atoms with van der Waals surface area (Å²) in [6.45, 7) is 0. The van der Waals surface area contributed by atoms with Gasteiger partial charge in [-0.15, -0.1) is 10.2 Å². The molecule has 2 aromatic rings. The minimum absolute atomic E-state index is 0.00771. The third-order valence-electron chi connectivity index (χ3n) is 1.83. The SMILES string of the molecule is CSc1nnc2c(N)c(C(F)(F)F)[nH]n12. The number of halogens is 3. The third-order valence-corrected chi connectivity index (χ3v) is 2.46. The van der Waals surface area contributed by atoms with Gasteiger partial charge in [-0.05, 0) is 6.26 Å². The summed E-state index contributed by atoms with van der Waals surface area (Å²) in [5, 5.41) is 9.66. The number of H-pyrrole nitrogens is 1. The molecule has 0 unspecified atom stereocenters. The number of nitrogens with two attached hydrogens (primary N) is 1. The maximum atomic E-state index is 12.4. The van der Waals surface area contributed by atoms with Crippen molar-refractivity contribution in [3.8, 4) is 0 Å². The Bertz CT molecular complexity index is 499. The molecule has 0 atom stereocenters. The highest BCUT2D eigenvalue weighted by Crippen LogP contribution is 2.34. The minimum Gasteiger partial charge on any atom is -0.394 e. The highest BCUT2D eigenvalue weighted by Gasteiger charge is 2.37. The molecule has 0 radical (unpaired) electrons.